The molecule has 1 aliphatic heterocycles. The fourth-order valence-electron chi connectivity index (χ4n) is 2.66. The first-order valence-corrected chi connectivity index (χ1v) is 8.98. The second-order valence-electron chi connectivity index (χ2n) is 6.26. The van der Waals surface area contributed by atoms with Crippen molar-refractivity contribution in [1.82, 2.24) is 10.6 Å². The number of rotatable bonds is 4. The Morgan fingerprint density at radius 3 is 2.76 bits per heavy atom. The average molecular weight is 390 g/mol. The summed E-state index contributed by atoms with van der Waals surface area (Å²) in [6.07, 6.45) is -2.66. The number of alkyl halides is 3. The lowest BCUT2D eigenvalue weighted by Gasteiger charge is -2.15. The molecule has 1 heterocycles. The Morgan fingerprint density at radius 2 is 2.16 bits per heavy atom. The summed E-state index contributed by atoms with van der Waals surface area (Å²) in [5.74, 6) is -0.239. The van der Waals surface area contributed by atoms with Gasteiger partial charge in [-0.25, -0.2) is 0 Å². The van der Waals surface area contributed by atoms with Gasteiger partial charge in [0.25, 0.3) is 0 Å². The summed E-state index contributed by atoms with van der Waals surface area (Å²) < 4.78 is 38.5. The van der Waals surface area contributed by atoms with Gasteiger partial charge in [-0.3, -0.25) is 4.79 Å². The van der Waals surface area contributed by atoms with Gasteiger partial charge in [-0.1, -0.05) is 11.6 Å². The highest BCUT2D eigenvalue weighted by molar-refractivity contribution is 8.00. The Kier molecular flexibility index (Phi) is 4.93. The number of nitrogens with zero attached hydrogens (tertiary/aromatic N) is 1. The molecule has 2 atom stereocenters. The first-order chi connectivity index (χ1) is 11.7. The second-order valence-corrected chi connectivity index (χ2v) is 8.01. The molecule has 1 amide bonds. The second kappa shape index (κ2) is 6.71. The van der Waals surface area contributed by atoms with Crippen LogP contribution in [-0.4, -0.2) is 29.3 Å². The molecule has 0 aromatic heterocycles. The van der Waals surface area contributed by atoms with Gasteiger partial charge in [0.15, 0.2) is 0 Å². The van der Waals surface area contributed by atoms with E-state index in [0.29, 0.717) is 30.7 Å². The highest BCUT2D eigenvalue weighted by atomic mass is 35.5. The topological polar surface area (TPSA) is 64.9 Å². The van der Waals surface area contributed by atoms with Gasteiger partial charge >= 0.3 is 6.18 Å². The first-order valence-electron chi connectivity index (χ1n) is 7.72. The maximum Gasteiger partial charge on any atom is 0.416 e. The van der Waals surface area contributed by atoms with Crippen LogP contribution in [0.4, 0.5) is 13.2 Å². The summed E-state index contributed by atoms with van der Waals surface area (Å²) in [7, 11) is 0. The standard InChI is InChI=1S/C16H15ClF3N3OS/c17-11-2-1-9(16(18,19)20)5-13(11)25-10-6-12(22-7-10)14(24)23-15(8-21)3-4-15/h1-2,5,10,12,22H,3-4,6-7H2,(H,23,24). The summed E-state index contributed by atoms with van der Waals surface area (Å²) in [6, 6.07) is 4.87. The van der Waals surface area contributed by atoms with E-state index in [9.17, 15) is 18.0 Å². The van der Waals surface area contributed by atoms with Crippen LogP contribution in [0.3, 0.4) is 0 Å². The fourth-order valence-corrected chi connectivity index (χ4v) is 4.11. The number of carbonyl (C=O) groups is 1. The van der Waals surface area contributed by atoms with Gasteiger partial charge in [-0.2, -0.15) is 18.4 Å². The molecular weight excluding hydrogens is 375 g/mol. The van der Waals surface area contributed by atoms with Gasteiger partial charge in [-0.05, 0) is 37.5 Å². The van der Waals surface area contributed by atoms with E-state index in [-0.39, 0.29) is 16.2 Å². The molecule has 2 aliphatic rings. The number of nitrogens with one attached hydrogen (secondary N) is 2. The van der Waals surface area contributed by atoms with Crippen molar-refractivity contribution in [2.75, 3.05) is 6.54 Å². The Balaban J connectivity index is 1.62. The number of hydrogen-bond donors (Lipinski definition) is 2. The Morgan fingerprint density at radius 1 is 1.44 bits per heavy atom. The van der Waals surface area contributed by atoms with Crippen molar-refractivity contribution in [3.8, 4) is 6.07 Å². The van der Waals surface area contributed by atoms with Crippen LogP contribution in [0.15, 0.2) is 23.1 Å². The fraction of sp³-hybridized carbons (Fsp3) is 0.500. The van der Waals surface area contributed by atoms with Crippen LogP contribution in [0.5, 0.6) is 0 Å². The summed E-state index contributed by atoms with van der Waals surface area (Å²) in [5.41, 5.74) is -1.47. The van der Waals surface area contributed by atoms with Gasteiger partial charge in [0.1, 0.15) is 5.54 Å². The predicted octanol–water partition coefficient (Wildman–Crippen LogP) is 3.35. The van der Waals surface area contributed by atoms with Gasteiger partial charge in [-0.15, -0.1) is 11.8 Å². The van der Waals surface area contributed by atoms with E-state index in [0.717, 1.165) is 12.1 Å². The van der Waals surface area contributed by atoms with Crippen molar-refractivity contribution in [2.24, 2.45) is 0 Å². The number of benzene rings is 1. The quantitative estimate of drug-likeness (QED) is 0.828. The SMILES string of the molecule is N#CC1(NC(=O)C2CC(Sc3cc(C(F)(F)F)ccc3Cl)CN2)CC1. The van der Waals surface area contributed by atoms with Gasteiger partial charge in [0, 0.05) is 16.7 Å². The van der Waals surface area contributed by atoms with Crippen molar-refractivity contribution >= 4 is 29.3 Å². The van der Waals surface area contributed by atoms with Crippen molar-refractivity contribution in [1.29, 1.82) is 5.26 Å². The minimum atomic E-state index is -4.42. The summed E-state index contributed by atoms with van der Waals surface area (Å²) in [5, 5.41) is 15.0. The van der Waals surface area contributed by atoms with Gasteiger partial charge < -0.3 is 10.6 Å². The summed E-state index contributed by atoms with van der Waals surface area (Å²) >= 11 is 7.24. The zero-order valence-electron chi connectivity index (χ0n) is 13.0. The van der Waals surface area contributed by atoms with E-state index in [2.05, 4.69) is 16.7 Å². The zero-order chi connectivity index (χ0) is 18.2. The average Bonchev–Trinajstić information content (AvgIpc) is 3.16. The number of thioether (sulfide) groups is 1. The number of carbonyl (C=O) groups excluding carboxylic acids is 1. The third-order valence-electron chi connectivity index (χ3n) is 4.29. The number of nitriles is 1. The van der Waals surface area contributed by atoms with Crippen LogP contribution in [0, 0.1) is 11.3 Å². The molecular formula is C16H15ClF3N3OS. The largest absolute Gasteiger partial charge is 0.416 e. The minimum absolute atomic E-state index is 0.0750. The monoisotopic (exact) mass is 389 g/mol. The van der Waals surface area contributed by atoms with Crippen LogP contribution in [0.25, 0.3) is 0 Å². The molecule has 2 fully saturated rings. The first kappa shape index (κ1) is 18.4. The molecule has 1 aliphatic carbocycles. The summed E-state index contributed by atoms with van der Waals surface area (Å²) in [4.78, 5) is 12.5. The molecule has 1 aromatic carbocycles. The van der Waals surface area contributed by atoms with E-state index in [1.807, 2.05) is 0 Å². The Bertz CT molecular complexity index is 730. The third-order valence-corrected chi connectivity index (χ3v) is 6.01. The lowest BCUT2D eigenvalue weighted by molar-refractivity contribution is -0.137. The molecule has 1 saturated carbocycles. The molecule has 1 aromatic rings. The highest BCUT2D eigenvalue weighted by Crippen LogP contribution is 2.39. The Hall–Kier alpha value is -1.43. The van der Waals surface area contributed by atoms with Gasteiger partial charge in [0.2, 0.25) is 5.91 Å². The van der Waals surface area contributed by atoms with E-state index < -0.39 is 23.3 Å². The molecule has 1 saturated heterocycles. The predicted molar refractivity (Wildman–Crippen MR) is 88.2 cm³/mol. The van der Waals surface area contributed by atoms with Crippen LogP contribution >= 0.6 is 23.4 Å². The molecule has 0 radical (unpaired) electrons. The third kappa shape index (κ3) is 4.22. The normalized spacial score (nSPS) is 24.6. The van der Waals surface area contributed by atoms with E-state index in [1.165, 1.54) is 17.8 Å². The summed E-state index contributed by atoms with van der Waals surface area (Å²) in [6.45, 7) is 0.481. The van der Waals surface area contributed by atoms with E-state index in [4.69, 9.17) is 16.9 Å². The highest BCUT2D eigenvalue weighted by Gasteiger charge is 2.46. The molecule has 9 heteroatoms. The maximum atomic E-state index is 12.8. The lowest BCUT2D eigenvalue weighted by atomic mass is 10.2. The Labute approximate surface area is 152 Å². The molecule has 2 unspecified atom stereocenters. The molecule has 0 bridgehead atoms. The minimum Gasteiger partial charge on any atom is -0.336 e. The van der Waals surface area contributed by atoms with E-state index >= 15 is 0 Å². The van der Waals surface area contributed by atoms with Crippen molar-refractivity contribution < 1.29 is 18.0 Å². The lowest BCUT2D eigenvalue weighted by Crippen LogP contribution is -2.45. The zero-order valence-corrected chi connectivity index (χ0v) is 14.6. The maximum absolute atomic E-state index is 12.8. The van der Waals surface area contributed by atoms with Gasteiger partial charge in [0.05, 0.1) is 22.7 Å². The van der Waals surface area contributed by atoms with E-state index in [1.54, 1.807) is 0 Å². The molecule has 3 rings (SSSR count). The van der Waals surface area contributed by atoms with Crippen LogP contribution < -0.4 is 10.6 Å². The van der Waals surface area contributed by atoms with Crippen LogP contribution in [0.2, 0.25) is 5.02 Å². The number of hydrogen-bond acceptors (Lipinski definition) is 4. The van der Waals surface area contributed by atoms with Crippen LogP contribution in [0.1, 0.15) is 24.8 Å². The number of halogens is 4. The molecule has 0 spiro atoms. The van der Waals surface area contributed by atoms with Crippen molar-refractivity contribution in [3.05, 3.63) is 28.8 Å². The molecule has 25 heavy (non-hydrogen) atoms. The number of amides is 1. The smallest absolute Gasteiger partial charge is 0.336 e. The van der Waals surface area contributed by atoms with Crippen molar-refractivity contribution in [2.45, 2.75) is 47.2 Å². The molecule has 2 N–H and O–H groups in total. The van der Waals surface area contributed by atoms with Crippen LogP contribution in [-0.2, 0) is 11.0 Å². The van der Waals surface area contributed by atoms with Crippen molar-refractivity contribution in [3.63, 3.8) is 0 Å². The molecule has 134 valence electrons. The molecule has 4 nitrogen and oxygen atoms in total.